The number of anilines is 2. The minimum Gasteiger partial charge on any atom is -0.329 e. The molecule has 0 saturated carbocycles. The molecule has 0 amide bonds. The number of rotatable bonds is 5. The lowest BCUT2D eigenvalue weighted by Gasteiger charge is -2.31. The van der Waals surface area contributed by atoms with E-state index >= 15 is 39.5 Å². The molecule has 1 aliphatic carbocycles. The van der Waals surface area contributed by atoms with Crippen LogP contribution in [0.5, 0.6) is 0 Å². The van der Waals surface area contributed by atoms with Gasteiger partial charge in [0, 0.05) is 17.7 Å². The van der Waals surface area contributed by atoms with Crippen LogP contribution in [0.2, 0.25) is 0 Å². The largest absolute Gasteiger partial charge is 0.329 e. The Balaban J connectivity index is 1.76. The van der Waals surface area contributed by atoms with Gasteiger partial charge in [-0.25, -0.2) is 70.2 Å². The Hall–Kier alpha value is -5.36. The highest BCUT2D eigenvalue weighted by Gasteiger charge is 2.56. The van der Waals surface area contributed by atoms with Gasteiger partial charge in [-0.15, -0.1) is 0 Å². The summed E-state index contributed by atoms with van der Waals surface area (Å²) in [4.78, 5) is -0.590. The molecule has 19 heteroatoms. The summed E-state index contributed by atoms with van der Waals surface area (Å²) in [6, 6.07) is 5.38. The van der Waals surface area contributed by atoms with Gasteiger partial charge in [0.25, 0.3) is 0 Å². The summed E-state index contributed by atoms with van der Waals surface area (Å²) in [7, 11) is 0. The number of halogens is 18. The first-order valence-corrected chi connectivity index (χ1v) is 13.4. The van der Waals surface area contributed by atoms with Crippen molar-refractivity contribution < 1.29 is 79.0 Å². The van der Waals surface area contributed by atoms with Crippen molar-refractivity contribution in [2.75, 3.05) is 4.90 Å². The first-order valence-electron chi connectivity index (χ1n) is 13.4. The molecule has 0 spiro atoms. The zero-order chi connectivity index (χ0) is 37.8. The molecule has 0 saturated heterocycles. The highest BCUT2D eigenvalue weighted by Crippen LogP contribution is 2.59. The number of benzene rings is 5. The number of hydrogen-bond acceptors (Lipinski definition) is 1. The Morgan fingerprint density at radius 2 is 0.686 bits per heavy atom. The second-order valence-corrected chi connectivity index (χ2v) is 10.6. The van der Waals surface area contributed by atoms with Crippen molar-refractivity contribution in [3.8, 4) is 22.3 Å². The lowest BCUT2D eigenvalue weighted by molar-refractivity contribution is 0.0429. The summed E-state index contributed by atoms with van der Waals surface area (Å²) in [6.07, 6.45) is 0. The summed E-state index contributed by atoms with van der Waals surface area (Å²) in [6.45, 7) is -1.52. The maximum atomic E-state index is 16.0. The molecule has 6 rings (SSSR count). The molecule has 0 heterocycles. The van der Waals surface area contributed by atoms with E-state index in [1.165, 1.54) is 6.07 Å². The molecule has 0 fully saturated rings. The van der Waals surface area contributed by atoms with E-state index in [1.54, 1.807) is 0 Å². The van der Waals surface area contributed by atoms with E-state index in [2.05, 4.69) is 0 Å². The van der Waals surface area contributed by atoms with Gasteiger partial charge in [-0.1, -0.05) is 30.3 Å². The summed E-state index contributed by atoms with van der Waals surface area (Å²) in [5.41, 5.74) is -19.9. The Kier molecular flexibility index (Phi) is 8.25. The van der Waals surface area contributed by atoms with Gasteiger partial charge < -0.3 is 4.90 Å². The fraction of sp³-hybridized carbons (Fsp3) is 0.0625. The van der Waals surface area contributed by atoms with Crippen LogP contribution in [0.25, 0.3) is 22.3 Å². The van der Waals surface area contributed by atoms with E-state index in [4.69, 9.17) is 0 Å². The Bertz CT molecular complexity index is 2280. The van der Waals surface area contributed by atoms with Gasteiger partial charge in [-0.3, -0.25) is 0 Å². The van der Waals surface area contributed by atoms with Crippen LogP contribution < -0.4 is 4.90 Å². The van der Waals surface area contributed by atoms with Gasteiger partial charge in [0.1, 0.15) is 5.69 Å². The predicted molar refractivity (Wildman–Crippen MR) is 138 cm³/mol. The Morgan fingerprint density at radius 3 is 1.16 bits per heavy atom. The average Bonchev–Trinajstić information content (AvgIpc) is 3.34. The minimum absolute atomic E-state index is 0.410. The van der Waals surface area contributed by atoms with E-state index in [1.807, 2.05) is 0 Å². The second kappa shape index (κ2) is 11.9. The monoisotopic (exact) mass is 747 g/mol. The Labute approximate surface area is 270 Å². The van der Waals surface area contributed by atoms with E-state index in [0.717, 1.165) is 24.3 Å². The summed E-state index contributed by atoms with van der Waals surface area (Å²) in [5.74, 6) is -52.2. The number of alkyl halides is 2. The van der Waals surface area contributed by atoms with E-state index in [9.17, 15) is 39.5 Å². The van der Waals surface area contributed by atoms with Crippen LogP contribution in [-0.4, -0.2) is 0 Å². The molecular formula is C32H7F18N. The van der Waals surface area contributed by atoms with Crippen LogP contribution in [0, 0.1) is 93.1 Å². The van der Waals surface area contributed by atoms with Crippen molar-refractivity contribution in [3.63, 3.8) is 0 Å². The van der Waals surface area contributed by atoms with Gasteiger partial charge in [0.2, 0.25) is 5.82 Å². The third kappa shape index (κ3) is 4.76. The third-order valence-electron chi connectivity index (χ3n) is 7.87. The fourth-order valence-corrected chi connectivity index (χ4v) is 5.66. The van der Waals surface area contributed by atoms with Crippen molar-refractivity contribution in [3.05, 3.63) is 140 Å². The molecule has 51 heavy (non-hydrogen) atoms. The highest BCUT2D eigenvalue weighted by molar-refractivity contribution is 5.88. The molecule has 5 aromatic carbocycles. The summed E-state index contributed by atoms with van der Waals surface area (Å²) >= 11 is 0. The van der Waals surface area contributed by atoms with E-state index < -0.39 is 161 Å². The Morgan fingerprint density at radius 1 is 0.353 bits per heavy atom. The van der Waals surface area contributed by atoms with Gasteiger partial charge in [-0.05, 0) is 5.56 Å². The standard InChI is InChI=1S/C32H7F18N/c33-14-8-9-13(32(49,50)12(8)20(39)25(44)21(14)40)30(29(48)24(43)15(9)34)51(6-7-4-2-1-3-5-7)31-27(46)18(37)11(19(38)28(31)47)10-16(35)22(41)26(45)23(42)17(10)36/h1-5H,6H2. The molecule has 0 unspecified atom stereocenters. The van der Waals surface area contributed by atoms with Crippen molar-refractivity contribution in [1.82, 2.24) is 0 Å². The molecule has 266 valence electrons. The van der Waals surface area contributed by atoms with Crippen molar-refractivity contribution in [2.24, 2.45) is 0 Å². The van der Waals surface area contributed by atoms with Crippen molar-refractivity contribution in [1.29, 1.82) is 0 Å². The molecule has 0 radical (unpaired) electrons. The van der Waals surface area contributed by atoms with E-state index in [0.29, 0.717) is 0 Å². The van der Waals surface area contributed by atoms with Crippen LogP contribution in [0.1, 0.15) is 16.7 Å². The zero-order valence-electron chi connectivity index (χ0n) is 23.8. The topological polar surface area (TPSA) is 3.24 Å². The summed E-state index contributed by atoms with van der Waals surface area (Å²) < 4.78 is 269. The lowest BCUT2D eigenvalue weighted by atomic mass is 9.98. The maximum absolute atomic E-state index is 16.0. The third-order valence-corrected chi connectivity index (χ3v) is 7.87. The van der Waals surface area contributed by atoms with Gasteiger partial charge >= 0.3 is 5.92 Å². The van der Waals surface area contributed by atoms with Crippen LogP contribution in [0.3, 0.4) is 0 Å². The molecule has 0 atom stereocenters. The quantitative estimate of drug-likeness (QED) is 0.0983. The molecule has 5 aromatic rings. The molecule has 1 nitrogen and oxygen atoms in total. The number of nitrogens with zero attached hydrogens (tertiary/aromatic N) is 1. The summed E-state index contributed by atoms with van der Waals surface area (Å²) in [5, 5.41) is 0. The van der Waals surface area contributed by atoms with E-state index in [-0.39, 0.29) is 0 Å². The SMILES string of the molecule is Fc1c(F)c(F)c(-c2c(F)c(F)c(N(Cc3ccccc3)c3c(F)c(F)c(F)c4c3C(F)(F)c3c(F)c(F)c(F)c(F)c3-4)c(F)c2F)c(F)c1F. The zero-order valence-corrected chi connectivity index (χ0v) is 23.8. The molecular weight excluding hydrogens is 740 g/mol. The highest BCUT2D eigenvalue weighted by atomic mass is 19.3. The normalized spacial score (nSPS) is 13.1. The average molecular weight is 747 g/mol. The van der Waals surface area contributed by atoms with Crippen LogP contribution >= 0.6 is 0 Å². The molecule has 0 N–H and O–H groups in total. The van der Waals surface area contributed by atoms with Gasteiger partial charge in [0.15, 0.2) is 87.3 Å². The van der Waals surface area contributed by atoms with Crippen LogP contribution in [-0.2, 0) is 12.5 Å². The predicted octanol–water partition coefficient (Wildman–Crippen LogP) is 11.0. The van der Waals surface area contributed by atoms with Crippen LogP contribution in [0.15, 0.2) is 30.3 Å². The number of hydrogen-bond donors (Lipinski definition) is 0. The fourth-order valence-electron chi connectivity index (χ4n) is 5.66. The van der Waals surface area contributed by atoms with Crippen LogP contribution in [0.4, 0.5) is 90.4 Å². The van der Waals surface area contributed by atoms with Gasteiger partial charge in [0.05, 0.1) is 27.9 Å². The first kappa shape index (κ1) is 35.5. The minimum atomic E-state index is -5.48. The molecule has 0 aromatic heterocycles. The van der Waals surface area contributed by atoms with Gasteiger partial charge in [-0.2, -0.15) is 8.78 Å². The first-order chi connectivity index (χ1) is 23.8. The lowest BCUT2D eigenvalue weighted by Crippen LogP contribution is -2.27. The molecule has 1 aliphatic rings. The maximum Gasteiger partial charge on any atom is 0.304 e. The second-order valence-electron chi connectivity index (χ2n) is 10.6. The molecule has 0 aliphatic heterocycles. The number of fused-ring (bicyclic) bond motifs is 3. The molecule has 0 bridgehead atoms. The smallest absolute Gasteiger partial charge is 0.304 e. The van der Waals surface area contributed by atoms with Crippen molar-refractivity contribution >= 4 is 11.4 Å². The van der Waals surface area contributed by atoms with Crippen molar-refractivity contribution in [2.45, 2.75) is 12.5 Å².